The van der Waals surface area contributed by atoms with Crippen LogP contribution in [-0.2, 0) is 0 Å². The van der Waals surface area contributed by atoms with Crippen LogP contribution in [0.1, 0.15) is 31.2 Å². The van der Waals surface area contributed by atoms with Gasteiger partial charge in [0.15, 0.2) is 11.5 Å². The Balaban J connectivity index is 1.56. The Kier molecular flexibility index (Phi) is 8.17. The Morgan fingerprint density at radius 2 is 1.94 bits per heavy atom. The van der Waals surface area contributed by atoms with E-state index in [-0.39, 0.29) is 0 Å². The predicted molar refractivity (Wildman–Crippen MR) is 139 cm³/mol. The third kappa shape index (κ3) is 5.90. The maximum atomic E-state index is 9.73. The van der Waals surface area contributed by atoms with Crippen molar-refractivity contribution in [2.45, 2.75) is 25.7 Å². The summed E-state index contributed by atoms with van der Waals surface area (Å²) < 4.78 is 17.1. The molecule has 1 fully saturated rings. The number of aromatic nitrogens is 1. The highest BCUT2D eigenvalue weighted by molar-refractivity contribution is 6.33. The second-order valence-corrected chi connectivity index (χ2v) is 9.29. The molecule has 1 N–H and O–H groups in total. The molecule has 0 saturated carbocycles. The summed E-state index contributed by atoms with van der Waals surface area (Å²) in [6, 6.07) is 11.2. The van der Waals surface area contributed by atoms with E-state index >= 15 is 0 Å². The highest BCUT2D eigenvalue weighted by Gasteiger charge is 2.18. The number of hydrogen-bond acceptors (Lipinski definition) is 7. The molecular formula is C27H31ClN4O3. The lowest BCUT2D eigenvalue weighted by Crippen LogP contribution is -2.30. The van der Waals surface area contributed by atoms with Crippen molar-refractivity contribution < 1.29 is 14.2 Å². The molecule has 7 nitrogen and oxygen atoms in total. The summed E-state index contributed by atoms with van der Waals surface area (Å²) in [5, 5.41) is 14.3. The molecule has 0 aliphatic carbocycles. The zero-order valence-electron chi connectivity index (χ0n) is 20.4. The van der Waals surface area contributed by atoms with Crippen molar-refractivity contribution in [2.75, 3.05) is 46.3 Å². The summed E-state index contributed by atoms with van der Waals surface area (Å²) in [5.74, 6) is 2.66. The van der Waals surface area contributed by atoms with Gasteiger partial charge in [0.1, 0.15) is 11.8 Å². The largest absolute Gasteiger partial charge is 0.497 e. The Morgan fingerprint density at radius 3 is 2.66 bits per heavy atom. The smallest absolute Gasteiger partial charge is 0.163 e. The summed E-state index contributed by atoms with van der Waals surface area (Å²) in [7, 11) is 5.39. The first-order chi connectivity index (χ1) is 17.0. The normalized spacial score (nSPS) is 14.5. The molecule has 8 heteroatoms. The lowest BCUT2D eigenvalue weighted by molar-refractivity contribution is 0.199. The summed E-state index contributed by atoms with van der Waals surface area (Å²) in [5.41, 5.74) is 2.31. The molecule has 1 aromatic heterocycles. The van der Waals surface area contributed by atoms with E-state index in [1.165, 1.54) is 32.4 Å². The number of halogens is 1. The van der Waals surface area contributed by atoms with Crippen molar-refractivity contribution in [3.05, 3.63) is 47.1 Å². The number of rotatable bonds is 9. The molecule has 0 spiro atoms. The topological polar surface area (TPSA) is 79.6 Å². The van der Waals surface area contributed by atoms with E-state index in [0.29, 0.717) is 51.3 Å². The van der Waals surface area contributed by atoms with Crippen molar-refractivity contribution >= 4 is 33.9 Å². The van der Waals surface area contributed by atoms with Gasteiger partial charge < -0.3 is 24.4 Å². The Labute approximate surface area is 211 Å². The van der Waals surface area contributed by atoms with Crippen LogP contribution in [0.2, 0.25) is 5.02 Å². The zero-order chi connectivity index (χ0) is 24.8. The fourth-order valence-corrected chi connectivity index (χ4v) is 4.62. The number of hydrogen-bond donors (Lipinski definition) is 1. The molecule has 0 atom stereocenters. The molecule has 0 radical (unpaired) electrons. The number of nitrogens with zero attached hydrogens (tertiary/aromatic N) is 3. The van der Waals surface area contributed by atoms with Gasteiger partial charge in [0.2, 0.25) is 0 Å². The minimum atomic E-state index is 0.394. The van der Waals surface area contributed by atoms with E-state index < -0.39 is 0 Å². The van der Waals surface area contributed by atoms with Crippen molar-refractivity contribution in [3.63, 3.8) is 0 Å². The molecule has 1 aliphatic rings. The van der Waals surface area contributed by atoms with E-state index in [0.717, 1.165) is 17.7 Å². The number of fused-ring (bicyclic) bond motifs is 1. The molecule has 1 aliphatic heterocycles. The molecule has 4 rings (SSSR count). The second kappa shape index (κ2) is 11.5. The van der Waals surface area contributed by atoms with Gasteiger partial charge in [0, 0.05) is 23.7 Å². The standard InChI is InChI=1S/C27H31ClN4O3/c1-32-10-8-18(9-11-32)5-4-12-35-26-15-23-21(14-25(26)34-3)27(19(16-29)17-30-23)31-24-13-20(33-2)6-7-22(24)28/h6-7,13-15,17-18H,4-5,8-12H2,1-3H3,(H,30,31). The maximum Gasteiger partial charge on any atom is 0.163 e. The molecule has 0 unspecified atom stereocenters. The van der Waals surface area contributed by atoms with Gasteiger partial charge in [0.05, 0.1) is 48.3 Å². The van der Waals surface area contributed by atoms with Crippen molar-refractivity contribution in [3.8, 4) is 23.3 Å². The summed E-state index contributed by atoms with van der Waals surface area (Å²) in [6.07, 6.45) is 6.23. The van der Waals surface area contributed by atoms with Gasteiger partial charge in [-0.25, -0.2) is 0 Å². The summed E-state index contributed by atoms with van der Waals surface area (Å²) in [4.78, 5) is 6.89. The third-order valence-electron chi connectivity index (χ3n) is 6.56. The van der Waals surface area contributed by atoms with Gasteiger partial charge in [-0.1, -0.05) is 11.6 Å². The molecule has 0 amide bonds. The number of anilines is 2. The molecule has 35 heavy (non-hydrogen) atoms. The summed E-state index contributed by atoms with van der Waals surface area (Å²) >= 11 is 6.40. The summed E-state index contributed by atoms with van der Waals surface area (Å²) in [6.45, 7) is 2.98. The molecule has 3 aromatic rings. The van der Waals surface area contributed by atoms with E-state index in [4.69, 9.17) is 25.8 Å². The number of nitrogens with one attached hydrogen (secondary N) is 1. The number of ether oxygens (including phenoxy) is 3. The number of likely N-dealkylation sites (tertiary alicyclic amines) is 1. The predicted octanol–water partition coefficient (Wildman–Crippen LogP) is 6.02. The number of nitriles is 1. The molecule has 1 saturated heterocycles. The van der Waals surface area contributed by atoms with E-state index in [9.17, 15) is 5.26 Å². The van der Waals surface area contributed by atoms with Gasteiger partial charge in [-0.15, -0.1) is 0 Å². The average molecular weight is 495 g/mol. The van der Waals surface area contributed by atoms with Gasteiger partial charge >= 0.3 is 0 Å². The quantitative estimate of drug-likeness (QED) is 0.364. The minimum absolute atomic E-state index is 0.394. The van der Waals surface area contributed by atoms with Gasteiger partial charge in [-0.05, 0) is 69.9 Å². The van der Waals surface area contributed by atoms with Crippen LogP contribution < -0.4 is 19.5 Å². The Bertz CT molecular complexity index is 1220. The maximum absolute atomic E-state index is 9.73. The van der Waals surface area contributed by atoms with E-state index in [1.54, 1.807) is 38.6 Å². The number of benzene rings is 2. The van der Waals surface area contributed by atoms with Crippen molar-refractivity contribution in [2.24, 2.45) is 5.92 Å². The lowest BCUT2D eigenvalue weighted by Gasteiger charge is -2.28. The number of piperidine rings is 1. The molecule has 2 aromatic carbocycles. The van der Waals surface area contributed by atoms with Crippen LogP contribution in [-0.4, -0.2) is 50.8 Å². The zero-order valence-corrected chi connectivity index (χ0v) is 21.2. The minimum Gasteiger partial charge on any atom is -0.497 e. The van der Waals surface area contributed by atoms with Gasteiger partial charge in [-0.3, -0.25) is 4.98 Å². The lowest BCUT2D eigenvalue weighted by atomic mass is 9.93. The molecule has 0 bridgehead atoms. The van der Waals surface area contributed by atoms with Crippen molar-refractivity contribution in [1.82, 2.24) is 9.88 Å². The van der Waals surface area contributed by atoms with Crippen LogP contribution in [0, 0.1) is 17.2 Å². The van der Waals surface area contributed by atoms with Crippen LogP contribution in [0.3, 0.4) is 0 Å². The van der Waals surface area contributed by atoms with Crippen LogP contribution in [0.15, 0.2) is 36.5 Å². The fraction of sp³-hybridized carbons (Fsp3) is 0.407. The van der Waals surface area contributed by atoms with E-state index in [2.05, 4.69) is 28.3 Å². The first-order valence-corrected chi connectivity index (χ1v) is 12.2. The highest BCUT2D eigenvalue weighted by atomic mass is 35.5. The highest BCUT2D eigenvalue weighted by Crippen LogP contribution is 2.39. The molecule has 2 heterocycles. The first kappa shape index (κ1) is 24.9. The SMILES string of the molecule is COc1ccc(Cl)c(Nc2c(C#N)cnc3cc(OCCCC4CCN(C)CC4)c(OC)cc23)c1. The molecular weight excluding hydrogens is 464 g/mol. The third-order valence-corrected chi connectivity index (χ3v) is 6.89. The van der Waals surface area contributed by atoms with Gasteiger partial charge in [0.25, 0.3) is 0 Å². The van der Waals surface area contributed by atoms with Crippen LogP contribution in [0.25, 0.3) is 10.9 Å². The average Bonchev–Trinajstić information content (AvgIpc) is 2.88. The first-order valence-electron chi connectivity index (χ1n) is 11.8. The van der Waals surface area contributed by atoms with Crippen LogP contribution in [0.4, 0.5) is 11.4 Å². The van der Waals surface area contributed by atoms with Crippen molar-refractivity contribution in [1.29, 1.82) is 5.26 Å². The number of methoxy groups -OCH3 is 2. The fourth-order valence-electron chi connectivity index (χ4n) is 4.46. The van der Waals surface area contributed by atoms with Crippen LogP contribution >= 0.6 is 11.6 Å². The van der Waals surface area contributed by atoms with E-state index in [1.807, 2.05) is 12.1 Å². The van der Waals surface area contributed by atoms with Crippen LogP contribution in [0.5, 0.6) is 17.2 Å². The second-order valence-electron chi connectivity index (χ2n) is 8.89. The Morgan fingerprint density at radius 1 is 1.14 bits per heavy atom. The Hall–Kier alpha value is -3.21. The van der Waals surface area contributed by atoms with Gasteiger partial charge in [-0.2, -0.15) is 5.26 Å². The monoisotopic (exact) mass is 494 g/mol. The number of pyridine rings is 1. The molecule has 184 valence electrons.